The topological polar surface area (TPSA) is 92.4 Å². The van der Waals surface area contributed by atoms with Crippen molar-refractivity contribution in [2.75, 3.05) is 43.4 Å². The molecule has 224 valence electrons. The van der Waals surface area contributed by atoms with Crippen LogP contribution in [0.4, 0.5) is 24.1 Å². The third-order valence-electron chi connectivity index (χ3n) is 9.78. The number of nitrogens with two attached hydrogens (primary N) is 1. The summed E-state index contributed by atoms with van der Waals surface area (Å²) in [6.07, 6.45) is 4.94. The SMILES string of the molecule is C=Cc1cc2c(N3[C@@H]4CC[C@H]3CNC4)nc(OC[C@@]34CCCN3C[C@H](F)C4)nc2c(F)c1-c1ccc(F)c2sc(N)nc12. The van der Waals surface area contributed by atoms with Gasteiger partial charge in [0.15, 0.2) is 10.9 Å². The highest BCUT2D eigenvalue weighted by atomic mass is 32.1. The van der Waals surface area contributed by atoms with E-state index in [0.29, 0.717) is 35.3 Å². The van der Waals surface area contributed by atoms with Gasteiger partial charge in [-0.2, -0.15) is 9.97 Å². The lowest BCUT2D eigenvalue weighted by Gasteiger charge is -2.37. The number of hydrogen-bond acceptors (Lipinski definition) is 9. The molecule has 12 heteroatoms. The van der Waals surface area contributed by atoms with E-state index in [4.69, 9.17) is 15.5 Å². The Labute approximate surface area is 250 Å². The molecule has 0 spiro atoms. The van der Waals surface area contributed by atoms with Gasteiger partial charge in [-0.1, -0.05) is 24.0 Å². The standard InChI is InChI=1S/C31H32F3N7OS/c1-2-16-10-21-25(24(34)23(16)20-6-7-22(33)27-26(20)37-29(35)43-27)38-30(39-28(21)41-18-4-5-19(41)13-36-12-18)42-15-31-8-3-9-40(31)14-17(32)11-31/h2,6-7,10,17-19,36H,1,3-5,8-9,11-15H2,(H2,35,37)/t17-,18-,19+,31+/m1/s1. The van der Waals surface area contributed by atoms with E-state index in [9.17, 15) is 8.78 Å². The number of hydrogen-bond donors (Lipinski definition) is 2. The van der Waals surface area contributed by atoms with Crippen LogP contribution < -0.4 is 20.7 Å². The third kappa shape index (κ3) is 4.21. The molecule has 43 heavy (non-hydrogen) atoms. The van der Waals surface area contributed by atoms with Crippen molar-refractivity contribution in [3.8, 4) is 17.1 Å². The molecule has 4 atom stereocenters. The lowest BCUT2D eigenvalue weighted by molar-refractivity contribution is 0.107. The number of rotatable bonds is 6. The van der Waals surface area contributed by atoms with E-state index >= 15 is 4.39 Å². The number of fused-ring (bicyclic) bond motifs is 5. The van der Waals surface area contributed by atoms with Gasteiger partial charge in [0.25, 0.3) is 0 Å². The number of nitrogen functional groups attached to an aromatic ring is 1. The zero-order valence-electron chi connectivity index (χ0n) is 23.6. The summed E-state index contributed by atoms with van der Waals surface area (Å²) in [7, 11) is 0. The summed E-state index contributed by atoms with van der Waals surface area (Å²) in [5.74, 6) is -0.431. The molecule has 4 aliphatic heterocycles. The molecule has 8 nitrogen and oxygen atoms in total. The van der Waals surface area contributed by atoms with Crippen LogP contribution in [0.3, 0.4) is 0 Å². The second-order valence-corrected chi connectivity index (χ2v) is 13.3. The summed E-state index contributed by atoms with van der Waals surface area (Å²) < 4.78 is 52.6. The van der Waals surface area contributed by atoms with Gasteiger partial charge in [-0.15, -0.1) is 0 Å². The minimum atomic E-state index is -0.891. The number of piperazine rings is 1. The minimum Gasteiger partial charge on any atom is -0.461 e. The molecule has 8 rings (SSSR count). The molecule has 4 saturated heterocycles. The number of aromatic nitrogens is 3. The van der Waals surface area contributed by atoms with E-state index in [1.807, 2.05) is 6.07 Å². The van der Waals surface area contributed by atoms with E-state index < -0.39 is 23.3 Å². The highest BCUT2D eigenvalue weighted by molar-refractivity contribution is 7.22. The van der Waals surface area contributed by atoms with Gasteiger partial charge >= 0.3 is 6.01 Å². The molecule has 0 radical (unpaired) electrons. The number of anilines is 2. The van der Waals surface area contributed by atoms with Crippen molar-refractivity contribution < 1.29 is 17.9 Å². The van der Waals surface area contributed by atoms with E-state index in [0.717, 1.165) is 56.7 Å². The van der Waals surface area contributed by atoms with Crippen molar-refractivity contribution in [3.63, 3.8) is 0 Å². The zero-order chi connectivity index (χ0) is 29.5. The van der Waals surface area contributed by atoms with Crippen molar-refractivity contribution in [2.45, 2.75) is 55.9 Å². The normalized spacial score (nSPS) is 27.0. The summed E-state index contributed by atoms with van der Waals surface area (Å²) in [6, 6.07) is 5.17. The zero-order valence-corrected chi connectivity index (χ0v) is 24.4. The quantitative estimate of drug-likeness (QED) is 0.305. The second kappa shape index (κ2) is 10.0. The number of alkyl halides is 1. The van der Waals surface area contributed by atoms with Crippen molar-refractivity contribution >= 4 is 49.5 Å². The summed E-state index contributed by atoms with van der Waals surface area (Å²) in [5, 5.41) is 4.25. The average Bonchev–Trinajstić information content (AvgIpc) is 3.72. The maximum Gasteiger partial charge on any atom is 0.319 e. The number of nitrogens with one attached hydrogen (secondary N) is 1. The van der Waals surface area contributed by atoms with Crippen LogP contribution in [-0.2, 0) is 0 Å². The molecule has 0 amide bonds. The highest BCUT2D eigenvalue weighted by Gasteiger charge is 2.49. The van der Waals surface area contributed by atoms with Gasteiger partial charge in [0.2, 0.25) is 0 Å². The van der Waals surface area contributed by atoms with Gasteiger partial charge < -0.3 is 20.7 Å². The predicted octanol–water partition coefficient (Wildman–Crippen LogP) is 5.31. The van der Waals surface area contributed by atoms with Crippen molar-refractivity contribution in [1.82, 2.24) is 25.2 Å². The first-order valence-electron chi connectivity index (χ1n) is 14.9. The fraction of sp³-hybridized carbons (Fsp3) is 0.452. The molecule has 2 aromatic heterocycles. The van der Waals surface area contributed by atoms with Crippen molar-refractivity contribution in [2.24, 2.45) is 0 Å². The Balaban J connectivity index is 1.31. The molecule has 4 aliphatic rings. The fourth-order valence-electron chi connectivity index (χ4n) is 7.87. The largest absolute Gasteiger partial charge is 0.461 e. The molecular weight excluding hydrogens is 575 g/mol. The van der Waals surface area contributed by atoms with E-state index in [1.165, 1.54) is 12.1 Å². The Morgan fingerprint density at radius 1 is 1.16 bits per heavy atom. The highest BCUT2D eigenvalue weighted by Crippen LogP contribution is 2.44. The van der Waals surface area contributed by atoms with Crippen LogP contribution in [0.25, 0.3) is 38.3 Å². The van der Waals surface area contributed by atoms with Crippen LogP contribution in [0.15, 0.2) is 24.8 Å². The first kappa shape index (κ1) is 27.1. The predicted molar refractivity (Wildman–Crippen MR) is 163 cm³/mol. The van der Waals surface area contributed by atoms with Crippen LogP contribution in [0.1, 0.15) is 37.7 Å². The number of ether oxygens (including phenoxy) is 1. The summed E-state index contributed by atoms with van der Waals surface area (Å²) in [6.45, 7) is 7.08. The molecule has 4 fully saturated rings. The monoisotopic (exact) mass is 607 g/mol. The molecule has 2 bridgehead atoms. The van der Waals surface area contributed by atoms with Crippen LogP contribution in [-0.4, -0.2) is 76.4 Å². The number of nitrogens with zero attached hydrogens (tertiary/aromatic N) is 5. The van der Waals surface area contributed by atoms with Gasteiger partial charge in [-0.3, -0.25) is 4.90 Å². The number of thiazole rings is 1. The molecule has 0 saturated carbocycles. The number of benzene rings is 2. The molecule has 2 aromatic carbocycles. The molecule has 4 aromatic rings. The Kier molecular flexibility index (Phi) is 6.32. The average molecular weight is 608 g/mol. The lowest BCUT2D eigenvalue weighted by Crippen LogP contribution is -2.52. The van der Waals surface area contributed by atoms with Gasteiger partial charge in [0.05, 0.1) is 15.8 Å². The van der Waals surface area contributed by atoms with E-state index in [2.05, 4.69) is 31.7 Å². The second-order valence-electron chi connectivity index (χ2n) is 12.2. The summed E-state index contributed by atoms with van der Waals surface area (Å²) >= 11 is 1.02. The smallest absolute Gasteiger partial charge is 0.319 e. The van der Waals surface area contributed by atoms with Crippen LogP contribution in [0.2, 0.25) is 0 Å². The maximum absolute atomic E-state index is 16.9. The van der Waals surface area contributed by atoms with Crippen LogP contribution in [0.5, 0.6) is 6.01 Å². The Hall–Kier alpha value is -3.48. The van der Waals surface area contributed by atoms with E-state index in [1.54, 1.807) is 6.08 Å². The van der Waals surface area contributed by atoms with Crippen LogP contribution >= 0.6 is 11.3 Å². The first-order chi connectivity index (χ1) is 20.8. The molecule has 0 unspecified atom stereocenters. The first-order valence-corrected chi connectivity index (χ1v) is 15.7. The lowest BCUT2D eigenvalue weighted by atomic mass is 9.95. The van der Waals surface area contributed by atoms with E-state index in [-0.39, 0.29) is 51.1 Å². The maximum atomic E-state index is 16.9. The Morgan fingerprint density at radius 3 is 2.77 bits per heavy atom. The van der Waals surface area contributed by atoms with Gasteiger partial charge in [0, 0.05) is 54.7 Å². The van der Waals surface area contributed by atoms with Gasteiger partial charge in [-0.25, -0.2) is 18.2 Å². The Bertz CT molecular complexity index is 1770. The van der Waals surface area contributed by atoms with Crippen LogP contribution in [0, 0.1) is 11.6 Å². The molecule has 3 N–H and O–H groups in total. The molecule has 0 aliphatic carbocycles. The Morgan fingerprint density at radius 2 is 1.98 bits per heavy atom. The van der Waals surface area contributed by atoms with Crippen molar-refractivity contribution in [1.29, 1.82) is 0 Å². The molecule has 6 heterocycles. The summed E-state index contributed by atoms with van der Waals surface area (Å²) in [4.78, 5) is 18.4. The fourth-order valence-corrected chi connectivity index (χ4v) is 8.64. The molecular formula is C31H32F3N7OS. The third-order valence-corrected chi connectivity index (χ3v) is 10.7. The summed E-state index contributed by atoms with van der Waals surface area (Å²) in [5.41, 5.74) is 7.08. The minimum absolute atomic E-state index is 0.0716. The van der Waals surface area contributed by atoms with Gasteiger partial charge in [-0.05, 0) is 56.0 Å². The van der Waals surface area contributed by atoms with Gasteiger partial charge in [0.1, 0.15) is 29.9 Å². The van der Waals surface area contributed by atoms with Crippen molar-refractivity contribution in [3.05, 3.63) is 42.0 Å². The number of halogens is 3.